The summed E-state index contributed by atoms with van der Waals surface area (Å²) >= 11 is 0. The van der Waals surface area contributed by atoms with Gasteiger partial charge in [-0.15, -0.1) is 0 Å². The van der Waals surface area contributed by atoms with Crippen LogP contribution in [0.5, 0.6) is 5.75 Å². The number of para-hydroxylation sites is 1. The summed E-state index contributed by atoms with van der Waals surface area (Å²) in [5, 5.41) is 13.9. The summed E-state index contributed by atoms with van der Waals surface area (Å²) in [6.07, 6.45) is 0.975. The van der Waals surface area contributed by atoms with Crippen LogP contribution >= 0.6 is 0 Å². The van der Waals surface area contributed by atoms with Crippen molar-refractivity contribution in [2.45, 2.75) is 6.42 Å². The summed E-state index contributed by atoms with van der Waals surface area (Å²) < 4.78 is 18.6. The fourth-order valence-corrected chi connectivity index (χ4v) is 1.85. The molecule has 1 atom stereocenters. The van der Waals surface area contributed by atoms with Crippen molar-refractivity contribution in [3.63, 3.8) is 0 Å². The Morgan fingerprint density at radius 3 is 3.06 bits per heavy atom. The van der Waals surface area contributed by atoms with Gasteiger partial charge in [0.25, 0.3) is 0 Å². The van der Waals surface area contributed by atoms with Crippen molar-refractivity contribution >= 4 is 5.69 Å². The third kappa shape index (κ3) is 2.71. The lowest BCUT2D eigenvalue weighted by molar-refractivity contribution is -0.388. The number of rotatable bonds is 4. The standard InChI is InChI=1S/C11H13FN2O3/c12-9-2-1-3-10(11(9)14(15)16)17-7-8-4-5-13-6-8/h1-3,8,13H,4-7H2. The van der Waals surface area contributed by atoms with Crippen LogP contribution in [-0.2, 0) is 0 Å². The molecule has 0 radical (unpaired) electrons. The zero-order valence-electron chi connectivity index (χ0n) is 9.19. The number of halogens is 1. The number of ether oxygens (including phenoxy) is 1. The van der Waals surface area contributed by atoms with Gasteiger partial charge < -0.3 is 10.1 Å². The Labute approximate surface area is 97.7 Å². The largest absolute Gasteiger partial charge is 0.486 e. The van der Waals surface area contributed by atoms with E-state index in [1.165, 1.54) is 12.1 Å². The highest BCUT2D eigenvalue weighted by Gasteiger charge is 2.22. The van der Waals surface area contributed by atoms with Crippen LogP contribution in [0.4, 0.5) is 10.1 Å². The van der Waals surface area contributed by atoms with Gasteiger partial charge in [-0.2, -0.15) is 4.39 Å². The molecule has 2 rings (SSSR count). The third-order valence-electron chi connectivity index (χ3n) is 2.77. The number of benzene rings is 1. The highest BCUT2D eigenvalue weighted by molar-refractivity contribution is 5.47. The first-order valence-electron chi connectivity index (χ1n) is 5.45. The van der Waals surface area contributed by atoms with E-state index in [0.29, 0.717) is 12.5 Å². The molecule has 1 aromatic carbocycles. The van der Waals surface area contributed by atoms with Crippen LogP contribution in [0.15, 0.2) is 18.2 Å². The van der Waals surface area contributed by atoms with Gasteiger partial charge in [-0.1, -0.05) is 6.07 Å². The average Bonchev–Trinajstić information content (AvgIpc) is 2.78. The fourth-order valence-electron chi connectivity index (χ4n) is 1.85. The number of hydrogen-bond donors (Lipinski definition) is 1. The molecular formula is C11H13FN2O3. The van der Waals surface area contributed by atoms with E-state index in [0.717, 1.165) is 25.6 Å². The van der Waals surface area contributed by atoms with Crippen LogP contribution in [0, 0.1) is 21.8 Å². The maximum Gasteiger partial charge on any atom is 0.346 e. The van der Waals surface area contributed by atoms with E-state index in [1.807, 2.05) is 0 Å². The van der Waals surface area contributed by atoms with Crippen LogP contribution in [0.1, 0.15) is 6.42 Å². The van der Waals surface area contributed by atoms with Crippen molar-refractivity contribution in [2.75, 3.05) is 19.7 Å². The van der Waals surface area contributed by atoms with E-state index < -0.39 is 16.4 Å². The van der Waals surface area contributed by atoms with Gasteiger partial charge in [-0.3, -0.25) is 10.1 Å². The number of hydrogen-bond acceptors (Lipinski definition) is 4. The maximum absolute atomic E-state index is 13.3. The molecule has 0 spiro atoms. The predicted molar refractivity (Wildman–Crippen MR) is 59.5 cm³/mol. The second-order valence-electron chi connectivity index (χ2n) is 4.01. The summed E-state index contributed by atoms with van der Waals surface area (Å²) in [5.41, 5.74) is -0.585. The second-order valence-corrected chi connectivity index (χ2v) is 4.01. The molecule has 1 heterocycles. The lowest BCUT2D eigenvalue weighted by Gasteiger charge is -2.10. The van der Waals surface area contributed by atoms with Gasteiger partial charge >= 0.3 is 5.69 Å². The highest BCUT2D eigenvalue weighted by Crippen LogP contribution is 2.30. The molecule has 92 valence electrons. The minimum absolute atomic E-state index is 0.00176. The molecule has 1 aliphatic rings. The van der Waals surface area contributed by atoms with Crippen LogP contribution in [-0.4, -0.2) is 24.6 Å². The van der Waals surface area contributed by atoms with E-state index in [1.54, 1.807) is 0 Å². The number of nitrogens with zero attached hydrogens (tertiary/aromatic N) is 1. The first kappa shape index (κ1) is 11.8. The minimum Gasteiger partial charge on any atom is -0.486 e. The smallest absolute Gasteiger partial charge is 0.346 e. The fraction of sp³-hybridized carbons (Fsp3) is 0.455. The zero-order chi connectivity index (χ0) is 12.3. The van der Waals surface area contributed by atoms with E-state index in [2.05, 4.69) is 5.32 Å². The quantitative estimate of drug-likeness (QED) is 0.643. The number of nitro benzene ring substituents is 1. The second kappa shape index (κ2) is 5.09. The molecule has 1 fully saturated rings. The molecule has 1 unspecified atom stereocenters. The van der Waals surface area contributed by atoms with Crippen molar-refractivity contribution in [1.82, 2.24) is 5.32 Å². The van der Waals surface area contributed by atoms with Gasteiger partial charge in [0.1, 0.15) is 0 Å². The van der Waals surface area contributed by atoms with Crippen molar-refractivity contribution in [3.05, 3.63) is 34.1 Å². The van der Waals surface area contributed by atoms with Crippen molar-refractivity contribution in [3.8, 4) is 5.75 Å². The van der Waals surface area contributed by atoms with E-state index >= 15 is 0 Å². The zero-order valence-corrected chi connectivity index (χ0v) is 9.19. The Hall–Kier alpha value is -1.69. The molecule has 17 heavy (non-hydrogen) atoms. The molecule has 5 nitrogen and oxygen atoms in total. The predicted octanol–water partition coefficient (Wildman–Crippen LogP) is 1.72. The van der Waals surface area contributed by atoms with Gasteiger partial charge in [-0.05, 0) is 25.1 Å². The van der Waals surface area contributed by atoms with Gasteiger partial charge in [-0.25, -0.2) is 0 Å². The van der Waals surface area contributed by atoms with Gasteiger partial charge in [0.15, 0.2) is 5.75 Å². The van der Waals surface area contributed by atoms with Crippen LogP contribution in [0.2, 0.25) is 0 Å². The summed E-state index contributed by atoms with van der Waals surface area (Å²) in [4.78, 5) is 9.96. The average molecular weight is 240 g/mol. The first-order valence-corrected chi connectivity index (χ1v) is 5.45. The van der Waals surface area contributed by atoms with Gasteiger partial charge in [0, 0.05) is 12.5 Å². The molecule has 0 aliphatic carbocycles. The highest BCUT2D eigenvalue weighted by atomic mass is 19.1. The van der Waals surface area contributed by atoms with Crippen LogP contribution < -0.4 is 10.1 Å². The Balaban J connectivity index is 2.09. The lowest BCUT2D eigenvalue weighted by atomic mass is 10.1. The molecular weight excluding hydrogens is 227 g/mol. The van der Waals surface area contributed by atoms with Crippen LogP contribution in [0.3, 0.4) is 0 Å². The topological polar surface area (TPSA) is 64.4 Å². The molecule has 1 aliphatic heterocycles. The monoisotopic (exact) mass is 240 g/mol. The Kier molecular flexibility index (Phi) is 3.53. The van der Waals surface area contributed by atoms with E-state index in [4.69, 9.17) is 4.74 Å². The summed E-state index contributed by atoms with van der Waals surface area (Å²) in [6, 6.07) is 3.89. The molecule has 1 N–H and O–H groups in total. The molecule has 0 aromatic heterocycles. The summed E-state index contributed by atoms with van der Waals surface area (Å²) in [7, 11) is 0. The van der Waals surface area contributed by atoms with E-state index in [9.17, 15) is 14.5 Å². The first-order chi connectivity index (χ1) is 8.18. The van der Waals surface area contributed by atoms with Crippen LogP contribution in [0.25, 0.3) is 0 Å². The molecule has 0 amide bonds. The third-order valence-corrected chi connectivity index (χ3v) is 2.77. The van der Waals surface area contributed by atoms with Crippen molar-refractivity contribution in [2.24, 2.45) is 5.92 Å². The lowest BCUT2D eigenvalue weighted by Crippen LogP contribution is -2.16. The Bertz CT molecular complexity index is 419. The maximum atomic E-state index is 13.3. The summed E-state index contributed by atoms with van der Waals surface area (Å²) in [6.45, 7) is 2.14. The van der Waals surface area contributed by atoms with Crippen molar-refractivity contribution < 1.29 is 14.1 Å². The molecule has 0 bridgehead atoms. The van der Waals surface area contributed by atoms with Crippen molar-refractivity contribution in [1.29, 1.82) is 0 Å². The number of nitrogens with one attached hydrogen (secondary N) is 1. The molecule has 6 heteroatoms. The van der Waals surface area contributed by atoms with E-state index in [-0.39, 0.29) is 5.75 Å². The minimum atomic E-state index is -0.864. The molecule has 1 aromatic rings. The SMILES string of the molecule is O=[N+]([O-])c1c(F)cccc1OCC1CCNC1. The summed E-state index contributed by atoms with van der Waals surface area (Å²) in [5.74, 6) is -0.531. The van der Waals surface area contributed by atoms with Gasteiger partial charge in [0.2, 0.25) is 5.82 Å². The number of nitro groups is 1. The molecule has 1 saturated heterocycles. The normalized spacial score (nSPS) is 19.2. The Morgan fingerprint density at radius 1 is 1.59 bits per heavy atom. The molecule has 0 saturated carbocycles. The van der Waals surface area contributed by atoms with Gasteiger partial charge in [0.05, 0.1) is 11.5 Å². The Morgan fingerprint density at radius 2 is 2.41 bits per heavy atom.